The number of methoxy groups -OCH3 is 1. The number of amides is 1. The molecule has 0 unspecified atom stereocenters. The quantitative estimate of drug-likeness (QED) is 0.432. The van der Waals surface area contributed by atoms with Crippen LogP contribution < -0.4 is 10.1 Å². The van der Waals surface area contributed by atoms with Crippen LogP contribution in [0.15, 0.2) is 66.9 Å². The van der Waals surface area contributed by atoms with Crippen LogP contribution in [0.5, 0.6) is 5.75 Å². The van der Waals surface area contributed by atoms with Crippen LogP contribution in [-0.2, 0) is 27.4 Å². The van der Waals surface area contributed by atoms with Crippen LogP contribution in [0.4, 0.5) is 0 Å². The molecule has 30 heavy (non-hydrogen) atoms. The Labute approximate surface area is 174 Å². The maximum absolute atomic E-state index is 11.9. The molecule has 0 aliphatic rings. The van der Waals surface area contributed by atoms with Gasteiger partial charge in [-0.05, 0) is 17.7 Å². The minimum Gasteiger partial charge on any atom is -0.496 e. The number of hydrogen-bond acceptors (Lipinski definition) is 6. The number of ether oxygens (including phenoxy) is 2. The van der Waals surface area contributed by atoms with Crippen molar-refractivity contribution in [3.8, 4) is 5.75 Å². The van der Waals surface area contributed by atoms with E-state index in [2.05, 4.69) is 15.6 Å². The molecule has 0 saturated heterocycles. The van der Waals surface area contributed by atoms with Crippen molar-refractivity contribution in [3.05, 3.63) is 83.7 Å². The molecule has 1 heterocycles. The number of benzene rings is 2. The number of hydrogen-bond donors (Lipinski definition) is 1. The molecule has 2 aromatic carbocycles. The van der Waals surface area contributed by atoms with Gasteiger partial charge in [0.05, 0.1) is 19.9 Å². The molecular formula is C22H22N4O4. The van der Waals surface area contributed by atoms with Gasteiger partial charge in [-0.2, -0.15) is 0 Å². The van der Waals surface area contributed by atoms with E-state index < -0.39 is 11.9 Å². The van der Waals surface area contributed by atoms with Gasteiger partial charge < -0.3 is 14.8 Å². The smallest absolute Gasteiger partial charge is 0.331 e. The molecule has 0 atom stereocenters. The van der Waals surface area contributed by atoms with Crippen LogP contribution in [-0.4, -0.2) is 40.6 Å². The number of carbonyl (C=O) groups is 2. The van der Waals surface area contributed by atoms with E-state index >= 15 is 0 Å². The summed E-state index contributed by atoms with van der Waals surface area (Å²) in [5.74, 6) is -0.366. The van der Waals surface area contributed by atoms with E-state index in [9.17, 15) is 9.59 Å². The second-order valence-electron chi connectivity index (χ2n) is 6.36. The van der Waals surface area contributed by atoms with Gasteiger partial charge in [0, 0.05) is 18.2 Å². The highest BCUT2D eigenvalue weighted by Crippen LogP contribution is 2.16. The molecular weight excluding hydrogens is 384 g/mol. The summed E-state index contributed by atoms with van der Waals surface area (Å²) in [4.78, 5) is 23.7. The summed E-state index contributed by atoms with van der Waals surface area (Å²) < 4.78 is 11.8. The van der Waals surface area contributed by atoms with Gasteiger partial charge in [0.15, 0.2) is 6.61 Å². The average Bonchev–Trinajstić information content (AvgIpc) is 3.23. The second kappa shape index (κ2) is 10.6. The molecule has 1 aromatic heterocycles. The summed E-state index contributed by atoms with van der Waals surface area (Å²) >= 11 is 0. The topological polar surface area (TPSA) is 95.3 Å². The number of nitrogens with zero attached hydrogens (tertiary/aromatic N) is 3. The van der Waals surface area contributed by atoms with Crippen LogP contribution >= 0.6 is 0 Å². The maximum Gasteiger partial charge on any atom is 0.331 e. The highest BCUT2D eigenvalue weighted by molar-refractivity contribution is 5.88. The van der Waals surface area contributed by atoms with E-state index in [4.69, 9.17) is 9.47 Å². The van der Waals surface area contributed by atoms with Crippen molar-refractivity contribution < 1.29 is 19.1 Å². The Morgan fingerprint density at radius 1 is 1.10 bits per heavy atom. The first kappa shape index (κ1) is 20.8. The molecule has 3 rings (SSSR count). The first-order valence-corrected chi connectivity index (χ1v) is 9.31. The zero-order valence-corrected chi connectivity index (χ0v) is 16.5. The lowest BCUT2D eigenvalue weighted by Gasteiger charge is -2.09. The van der Waals surface area contributed by atoms with E-state index in [0.29, 0.717) is 18.0 Å². The number of esters is 1. The molecule has 1 amide bonds. The molecule has 0 aliphatic heterocycles. The van der Waals surface area contributed by atoms with Gasteiger partial charge in [0.2, 0.25) is 0 Å². The third kappa shape index (κ3) is 6.30. The summed E-state index contributed by atoms with van der Waals surface area (Å²) in [5.41, 5.74) is 2.44. The Bertz CT molecular complexity index is 1010. The molecule has 8 nitrogen and oxygen atoms in total. The van der Waals surface area contributed by atoms with Crippen molar-refractivity contribution >= 4 is 18.0 Å². The van der Waals surface area contributed by atoms with Gasteiger partial charge in [0.1, 0.15) is 11.4 Å². The van der Waals surface area contributed by atoms with E-state index in [0.717, 1.165) is 11.1 Å². The summed E-state index contributed by atoms with van der Waals surface area (Å²) in [6, 6.07) is 17.2. The molecule has 154 valence electrons. The number of carbonyl (C=O) groups excluding carboxylic acids is 2. The molecule has 8 heteroatoms. The van der Waals surface area contributed by atoms with E-state index in [1.165, 1.54) is 12.2 Å². The number of para-hydroxylation sites is 1. The molecule has 0 saturated carbocycles. The maximum atomic E-state index is 11.9. The highest BCUT2D eigenvalue weighted by atomic mass is 16.5. The minimum absolute atomic E-state index is 0.279. The van der Waals surface area contributed by atoms with Crippen molar-refractivity contribution in [2.75, 3.05) is 13.7 Å². The van der Waals surface area contributed by atoms with E-state index in [1.54, 1.807) is 18.0 Å². The van der Waals surface area contributed by atoms with Gasteiger partial charge >= 0.3 is 5.97 Å². The monoisotopic (exact) mass is 406 g/mol. The zero-order chi connectivity index (χ0) is 21.2. The second-order valence-corrected chi connectivity index (χ2v) is 6.36. The van der Waals surface area contributed by atoms with Crippen LogP contribution in [0.3, 0.4) is 0 Å². The minimum atomic E-state index is -0.639. The van der Waals surface area contributed by atoms with Gasteiger partial charge in [-0.3, -0.25) is 4.79 Å². The van der Waals surface area contributed by atoms with Crippen molar-refractivity contribution in [2.45, 2.75) is 13.1 Å². The van der Waals surface area contributed by atoms with Crippen LogP contribution in [0.2, 0.25) is 0 Å². The lowest BCUT2D eigenvalue weighted by atomic mass is 10.2. The lowest BCUT2D eigenvalue weighted by Crippen LogP contribution is -2.28. The molecule has 3 aromatic rings. The summed E-state index contributed by atoms with van der Waals surface area (Å²) in [5, 5.41) is 10.7. The molecule has 0 spiro atoms. The predicted octanol–water partition coefficient (Wildman–Crippen LogP) is 2.21. The Morgan fingerprint density at radius 3 is 2.67 bits per heavy atom. The SMILES string of the molecule is COc1ccccc1CNC(=O)COC(=O)/C=C/c1cn(Cc2ccccc2)nn1. The fourth-order valence-corrected chi connectivity index (χ4v) is 2.67. The van der Waals surface area contributed by atoms with Crippen molar-refractivity contribution in [1.29, 1.82) is 0 Å². The van der Waals surface area contributed by atoms with Gasteiger partial charge in [-0.15, -0.1) is 5.10 Å². The third-order valence-electron chi connectivity index (χ3n) is 4.15. The van der Waals surface area contributed by atoms with Crippen molar-refractivity contribution in [2.24, 2.45) is 0 Å². The van der Waals surface area contributed by atoms with Crippen LogP contribution in [0.1, 0.15) is 16.8 Å². The first-order valence-electron chi connectivity index (χ1n) is 9.31. The fourth-order valence-electron chi connectivity index (χ4n) is 2.67. The van der Waals surface area contributed by atoms with Gasteiger partial charge in [0.25, 0.3) is 5.91 Å². The Kier molecular flexibility index (Phi) is 7.32. The van der Waals surface area contributed by atoms with Crippen molar-refractivity contribution in [3.63, 3.8) is 0 Å². The Morgan fingerprint density at radius 2 is 1.87 bits per heavy atom. The van der Waals surface area contributed by atoms with E-state index in [-0.39, 0.29) is 13.2 Å². The number of nitrogens with one attached hydrogen (secondary N) is 1. The normalized spacial score (nSPS) is 10.7. The lowest BCUT2D eigenvalue weighted by molar-refractivity contribution is -0.143. The summed E-state index contributed by atoms with van der Waals surface area (Å²) in [6.07, 6.45) is 4.42. The van der Waals surface area contributed by atoms with Gasteiger partial charge in [-0.25, -0.2) is 9.48 Å². The predicted molar refractivity (Wildman–Crippen MR) is 110 cm³/mol. The largest absolute Gasteiger partial charge is 0.496 e. The summed E-state index contributed by atoms with van der Waals surface area (Å²) in [7, 11) is 1.56. The van der Waals surface area contributed by atoms with Crippen LogP contribution in [0.25, 0.3) is 6.08 Å². The van der Waals surface area contributed by atoms with Crippen molar-refractivity contribution in [1.82, 2.24) is 20.3 Å². The average molecular weight is 406 g/mol. The molecule has 0 bridgehead atoms. The molecule has 0 fully saturated rings. The first-order chi connectivity index (χ1) is 14.6. The highest BCUT2D eigenvalue weighted by Gasteiger charge is 2.07. The standard InChI is InChI=1S/C22H22N4O4/c1-29-20-10-6-5-9-18(20)13-23-21(27)16-30-22(28)12-11-19-15-26(25-24-19)14-17-7-3-2-4-8-17/h2-12,15H,13-14,16H2,1H3,(H,23,27)/b12-11+. The zero-order valence-electron chi connectivity index (χ0n) is 16.5. The Hall–Kier alpha value is -3.94. The molecule has 0 aliphatic carbocycles. The number of rotatable bonds is 9. The Balaban J connectivity index is 1.42. The fraction of sp³-hybridized carbons (Fsp3) is 0.182. The molecule has 0 radical (unpaired) electrons. The van der Waals surface area contributed by atoms with Crippen LogP contribution in [0, 0.1) is 0 Å². The third-order valence-corrected chi connectivity index (χ3v) is 4.15. The number of aromatic nitrogens is 3. The summed E-state index contributed by atoms with van der Waals surface area (Å²) in [6.45, 7) is 0.484. The van der Waals surface area contributed by atoms with E-state index in [1.807, 2.05) is 54.6 Å². The van der Waals surface area contributed by atoms with Gasteiger partial charge in [-0.1, -0.05) is 53.7 Å². The molecule has 1 N–H and O–H groups in total.